The van der Waals surface area contributed by atoms with Crippen molar-refractivity contribution in [1.29, 1.82) is 0 Å². The molecule has 6 rings (SSSR count). The fourth-order valence-corrected chi connectivity index (χ4v) is 5.43. The topological polar surface area (TPSA) is 83.9 Å². The largest absolute Gasteiger partial charge is 0.339 e. The van der Waals surface area contributed by atoms with Gasteiger partial charge in [0.1, 0.15) is 5.69 Å². The second kappa shape index (κ2) is 6.52. The average Bonchev–Trinajstić information content (AvgIpc) is 3.33. The number of amides is 1. The van der Waals surface area contributed by atoms with Gasteiger partial charge in [0.2, 0.25) is 0 Å². The number of nitrogens with one attached hydrogen (secondary N) is 1. The molecule has 1 N–H and O–H groups in total. The first-order chi connectivity index (χ1) is 14.6. The molecule has 7 nitrogen and oxygen atoms in total. The van der Waals surface area contributed by atoms with Crippen LogP contribution < -0.4 is 0 Å². The number of likely N-dealkylation sites (tertiary alicyclic amines) is 1. The second-order valence-corrected chi connectivity index (χ2v) is 9.29. The summed E-state index contributed by atoms with van der Waals surface area (Å²) in [6.07, 6.45) is 10.4. The molecule has 1 amide bonds. The summed E-state index contributed by atoms with van der Waals surface area (Å²) in [7, 11) is 0. The molecule has 0 bridgehead atoms. The quantitative estimate of drug-likeness (QED) is 0.709. The number of carbonyl (C=O) groups excluding carboxylic acids is 2. The van der Waals surface area contributed by atoms with Crippen LogP contribution in [0.4, 0.5) is 0 Å². The number of H-pyrrole nitrogens is 1. The number of nitrogens with zero attached hydrogens (tertiary/aromatic N) is 4. The van der Waals surface area contributed by atoms with Gasteiger partial charge in [0.05, 0.1) is 24.0 Å². The first kappa shape index (κ1) is 17.9. The summed E-state index contributed by atoms with van der Waals surface area (Å²) in [5, 5.41) is 12.5. The number of aromatic amines is 1. The maximum absolute atomic E-state index is 13.1. The van der Waals surface area contributed by atoms with Crippen LogP contribution in [0.2, 0.25) is 0 Å². The molecule has 0 radical (unpaired) electrons. The van der Waals surface area contributed by atoms with Gasteiger partial charge in [-0.15, -0.1) is 0 Å². The number of Topliss-reactive ketones (excluding diaryl/α,β-unsaturated/α-hetero) is 1. The minimum absolute atomic E-state index is 0.0249. The standard InChI is InChI=1S/C23H25N5O2/c29-20-12-23(11-17-14-25-28(21(17)20)18-2-1-3-18)6-8-27(9-7-23)22(30)15-4-5-19-16(10-15)13-24-26-19/h4-5,10,13-14,18H,1-3,6-9,11-12H2,(H,24,26). The van der Waals surface area contributed by atoms with Crippen LogP contribution in [0.25, 0.3) is 10.9 Å². The van der Waals surface area contributed by atoms with Gasteiger partial charge in [0, 0.05) is 36.0 Å². The molecule has 3 aromatic rings. The normalized spacial score (nSPS) is 21.1. The summed E-state index contributed by atoms with van der Waals surface area (Å²) in [6, 6.07) is 6.08. The molecule has 0 unspecified atom stereocenters. The van der Waals surface area contributed by atoms with Crippen molar-refractivity contribution in [3.8, 4) is 0 Å². The lowest BCUT2D eigenvalue weighted by atomic mass is 9.67. The highest BCUT2D eigenvalue weighted by Gasteiger charge is 2.44. The first-order valence-electron chi connectivity index (χ1n) is 10.9. The Morgan fingerprint density at radius 1 is 1.13 bits per heavy atom. The van der Waals surface area contributed by atoms with Crippen molar-refractivity contribution < 1.29 is 9.59 Å². The van der Waals surface area contributed by atoms with E-state index in [2.05, 4.69) is 15.3 Å². The average molecular weight is 403 g/mol. The fourth-order valence-electron chi connectivity index (χ4n) is 5.43. The van der Waals surface area contributed by atoms with Crippen molar-refractivity contribution in [2.24, 2.45) is 5.41 Å². The Balaban J connectivity index is 1.18. The number of piperidine rings is 1. The van der Waals surface area contributed by atoms with E-state index in [1.54, 1.807) is 6.20 Å². The molecule has 1 aromatic carbocycles. The maximum Gasteiger partial charge on any atom is 0.253 e. The third kappa shape index (κ3) is 2.71. The lowest BCUT2D eigenvalue weighted by molar-refractivity contribution is 0.0516. The van der Waals surface area contributed by atoms with E-state index in [1.165, 1.54) is 6.42 Å². The summed E-state index contributed by atoms with van der Waals surface area (Å²) in [4.78, 5) is 28.0. The number of hydrogen-bond donors (Lipinski definition) is 1. The smallest absolute Gasteiger partial charge is 0.253 e. The van der Waals surface area contributed by atoms with Crippen LogP contribution in [-0.2, 0) is 6.42 Å². The van der Waals surface area contributed by atoms with Gasteiger partial charge in [-0.25, -0.2) is 0 Å². The lowest BCUT2D eigenvalue weighted by Gasteiger charge is -2.43. The molecular formula is C23H25N5O2. The third-order valence-electron chi connectivity index (χ3n) is 7.46. The molecule has 30 heavy (non-hydrogen) atoms. The number of rotatable bonds is 2. The maximum atomic E-state index is 13.1. The zero-order valence-corrected chi connectivity index (χ0v) is 16.9. The van der Waals surface area contributed by atoms with Crippen LogP contribution in [0.5, 0.6) is 0 Å². The van der Waals surface area contributed by atoms with Crippen LogP contribution in [0, 0.1) is 5.41 Å². The minimum Gasteiger partial charge on any atom is -0.339 e. The van der Waals surface area contributed by atoms with E-state index in [-0.39, 0.29) is 17.1 Å². The molecule has 1 saturated carbocycles. The van der Waals surface area contributed by atoms with Crippen molar-refractivity contribution in [2.45, 2.75) is 51.0 Å². The molecule has 1 aliphatic heterocycles. The van der Waals surface area contributed by atoms with E-state index in [1.807, 2.05) is 34.0 Å². The fraction of sp³-hybridized carbons (Fsp3) is 0.478. The summed E-state index contributed by atoms with van der Waals surface area (Å²) >= 11 is 0. The highest BCUT2D eigenvalue weighted by atomic mass is 16.2. The van der Waals surface area contributed by atoms with Crippen LogP contribution in [-0.4, -0.2) is 49.7 Å². The van der Waals surface area contributed by atoms with Crippen molar-refractivity contribution in [2.75, 3.05) is 13.1 Å². The molecule has 2 fully saturated rings. The monoisotopic (exact) mass is 403 g/mol. The molecule has 1 spiro atoms. The van der Waals surface area contributed by atoms with Crippen molar-refractivity contribution in [1.82, 2.24) is 24.9 Å². The van der Waals surface area contributed by atoms with Gasteiger partial charge in [-0.05, 0) is 62.1 Å². The van der Waals surface area contributed by atoms with Gasteiger partial charge in [-0.3, -0.25) is 19.4 Å². The van der Waals surface area contributed by atoms with Crippen molar-refractivity contribution >= 4 is 22.6 Å². The van der Waals surface area contributed by atoms with Crippen LogP contribution in [0.3, 0.4) is 0 Å². The predicted octanol–water partition coefficient (Wildman–Crippen LogP) is 3.54. The Kier molecular flexibility index (Phi) is 3.88. The number of benzene rings is 1. The van der Waals surface area contributed by atoms with Gasteiger partial charge in [-0.2, -0.15) is 10.2 Å². The minimum atomic E-state index is -0.0249. The zero-order chi connectivity index (χ0) is 20.3. The molecule has 1 saturated heterocycles. The van der Waals surface area contributed by atoms with Gasteiger partial charge in [0.15, 0.2) is 5.78 Å². The second-order valence-electron chi connectivity index (χ2n) is 9.29. The van der Waals surface area contributed by atoms with E-state index >= 15 is 0 Å². The number of aromatic nitrogens is 4. The Bertz CT molecular complexity index is 1150. The van der Waals surface area contributed by atoms with Crippen molar-refractivity contribution in [3.05, 3.63) is 47.4 Å². The summed E-state index contributed by atoms with van der Waals surface area (Å²) in [6.45, 7) is 1.39. The van der Waals surface area contributed by atoms with E-state index in [0.29, 0.717) is 31.1 Å². The predicted molar refractivity (Wildman–Crippen MR) is 111 cm³/mol. The highest BCUT2D eigenvalue weighted by Crippen LogP contribution is 2.45. The van der Waals surface area contributed by atoms with E-state index in [4.69, 9.17) is 0 Å². The van der Waals surface area contributed by atoms with Gasteiger partial charge in [0.25, 0.3) is 5.91 Å². The molecule has 3 aliphatic rings. The molecule has 2 aliphatic carbocycles. The lowest BCUT2D eigenvalue weighted by Crippen LogP contribution is -2.46. The van der Waals surface area contributed by atoms with Gasteiger partial charge < -0.3 is 4.90 Å². The number of fused-ring (bicyclic) bond motifs is 2. The molecule has 3 heterocycles. The number of ketones is 1. The Labute approximate surface area is 174 Å². The summed E-state index contributed by atoms with van der Waals surface area (Å²) in [5.41, 5.74) is 3.58. The van der Waals surface area contributed by atoms with Crippen LogP contribution >= 0.6 is 0 Å². The molecule has 2 aromatic heterocycles. The van der Waals surface area contributed by atoms with E-state index in [0.717, 1.165) is 54.3 Å². The van der Waals surface area contributed by atoms with Gasteiger partial charge in [-0.1, -0.05) is 0 Å². The van der Waals surface area contributed by atoms with Gasteiger partial charge >= 0.3 is 0 Å². The number of hydrogen-bond acceptors (Lipinski definition) is 4. The molecule has 154 valence electrons. The number of carbonyl (C=O) groups is 2. The summed E-state index contributed by atoms with van der Waals surface area (Å²) < 4.78 is 2.00. The van der Waals surface area contributed by atoms with Crippen molar-refractivity contribution in [3.63, 3.8) is 0 Å². The van der Waals surface area contributed by atoms with Crippen LogP contribution in [0.1, 0.15) is 71.0 Å². The SMILES string of the molecule is O=C1CC2(CCN(C(=O)c3ccc4[nH]ncc4c3)CC2)Cc2cnn(C3CCC3)c21. The Hall–Kier alpha value is -2.96. The Morgan fingerprint density at radius 3 is 2.73 bits per heavy atom. The summed E-state index contributed by atoms with van der Waals surface area (Å²) in [5.74, 6) is 0.305. The molecule has 7 heteroatoms. The van der Waals surface area contributed by atoms with Crippen LogP contribution in [0.15, 0.2) is 30.6 Å². The highest BCUT2D eigenvalue weighted by molar-refractivity contribution is 5.99. The Morgan fingerprint density at radius 2 is 1.97 bits per heavy atom. The first-order valence-corrected chi connectivity index (χ1v) is 10.9. The molecular weight excluding hydrogens is 378 g/mol. The third-order valence-corrected chi connectivity index (χ3v) is 7.46. The molecule has 0 atom stereocenters. The van der Waals surface area contributed by atoms with E-state index in [9.17, 15) is 9.59 Å². The zero-order valence-electron chi connectivity index (χ0n) is 16.9. The van der Waals surface area contributed by atoms with E-state index < -0.39 is 0 Å².